The minimum atomic E-state index is -4.50. The van der Waals surface area contributed by atoms with E-state index in [9.17, 15) is 18.3 Å². The molecule has 120 valence electrons. The summed E-state index contributed by atoms with van der Waals surface area (Å²) in [6.07, 6.45) is -5.55. The van der Waals surface area contributed by atoms with Crippen LogP contribution in [0.2, 0.25) is 0 Å². The Hall–Kier alpha value is -1.47. The largest absolute Gasteiger partial charge is 0.488 e. The third-order valence-corrected chi connectivity index (χ3v) is 2.41. The van der Waals surface area contributed by atoms with Gasteiger partial charge in [0.25, 0.3) is 0 Å². The molecule has 1 aromatic carbocycles. The highest BCUT2D eigenvalue weighted by molar-refractivity contribution is 5.52. The number of ether oxygens (including phenoxy) is 1. The van der Waals surface area contributed by atoms with Crippen molar-refractivity contribution in [1.29, 1.82) is 0 Å². The van der Waals surface area contributed by atoms with Crippen molar-refractivity contribution in [2.24, 2.45) is 0 Å². The van der Waals surface area contributed by atoms with Crippen molar-refractivity contribution in [3.63, 3.8) is 0 Å². The van der Waals surface area contributed by atoms with E-state index in [4.69, 9.17) is 9.84 Å². The minimum Gasteiger partial charge on any atom is -0.488 e. The fourth-order valence-corrected chi connectivity index (χ4v) is 1.58. The van der Waals surface area contributed by atoms with Crippen LogP contribution in [0.5, 0.6) is 5.75 Å². The van der Waals surface area contributed by atoms with Gasteiger partial charge in [0, 0.05) is 18.3 Å². The highest BCUT2D eigenvalue weighted by Gasteiger charge is 2.32. The highest BCUT2D eigenvalue weighted by Crippen LogP contribution is 2.35. The molecule has 0 aliphatic rings. The normalized spacial score (nSPS) is 13.9. The maximum absolute atomic E-state index is 12.9. The first-order valence-corrected chi connectivity index (χ1v) is 6.45. The molecule has 0 aromatic heterocycles. The lowest BCUT2D eigenvalue weighted by atomic mass is 10.1. The molecule has 0 saturated heterocycles. The van der Waals surface area contributed by atoms with Crippen LogP contribution >= 0.6 is 0 Å². The Morgan fingerprint density at radius 1 is 1.19 bits per heavy atom. The number of hydrogen-bond acceptors (Lipinski definition) is 4. The summed E-state index contributed by atoms with van der Waals surface area (Å²) < 4.78 is 44.1. The second kappa shape index (κ2) is 6.53. The number of anilines is 1. The molecule has 0 heterocycles. The number of aliphatic hydroxyl groups is 2. The van der Waals surface area contributed by atoms with Crippen molar-refractivity contribution in [2.45, 2.75) is 38.7 Å². The highest BCUT2D eigenvalue weighted by atomic mass is 19.4. The molecule has 1 unspecified atom stereocenters. The van der Waals surface area contributed by atoms with Crippen molar-refractivity contribution in [1.82, 2.24) is 0 Å². The molecule has 7 heteroatoms. The predicted octanol–water partition coefficient (Wildman–Crippen LogP) is 2.65. The molecule has 0 aliphatic heterocycles. The number of rotatable bonds is 5. The lowest BCUT2D eigenvalue weighted by molar-refractivity contribution is -0.137. The first kappa shape index (κ1) is 17.6. The van der Waals surface area contributed by atoms with E-state index in [0.717, 1.165) is 12.1 Å². The van der Waals surface area contributed by atoms with Crippen LogP contribution in [-0.2, 0) is 6.18 Å². The summed E-state index contributed by atoms with van der Waals surface area (Å²) in [7, 11) is 0. The summed E-state index contributed by atoms with van der Waals surface area (Å²) in [4.78, 5) is 0. The lowest BCUT2D eigenvalue weighted by Gasteiger charge is -2.23. The molecule has 0 radical (unpaired) electrons. The Balaban J connectivity index is 3.04. The third kappa shape index (κ3) is 6.22. The van der Waals surface area contributed by atoms with Gasteiger partial charge in [-0.15, -0.1) is 0 Å². The van der Waals surface area contributed by atoms with E-state index >= 15 is 0 Å². The van der Waals surface area contributed by atoms with Crippen LogP contribution in [0.3, 0.4) is 0 Å². The van der Waals surface area contributed by atoms with Crippen LogP contribution in [0.4, 0.5) is 18.9 Å². The van der Waals surface area contributed by atoms with Crippen molar-refractivity contribution < 1.29 is 28.1 Å². The van der Waals surface area contributed by atoms with Gasteiger partial charge in [-0.25, -0.2) is 0 Å². The van der Waals surface area contributed by atoms with Crippen LogP contribution in [0, 0.1) is 0 Å². The van der Waals surface area contributed by atoms with Crippen LogP contribution in [0.25, 0.3) is 0 Å². The van der Waals surface area contributed by atoms with Crippen molar-refractivity contribution >= 4 is 5.69 Å². The average Bonchev–Trinajstić information content (AvgIpc) is 2.32. The summed E-state index contributed by atoms with van der Waals surface area (Å²) in [6, 6.07) is 3.28. The number of hydrogen-bond donors (Lipinski definition) is 3. The van der Waals surface area contributed by atoms with Gasteiger partial charge in [-0.3, -0.25) is 0 Å². The molecule has 3 N–H and O–H groups in total. The molecule has 1 aromatic rings. The van der Waals surface area contributed by atoms with Crippen LogP contribution in [0.1, 0.15) is 26.3 Å². The average molecular weight is 307 g/mol. The molecule has 0 saturated carbocycles. The Morgan fingerprint density at radius 3 is 2.29 bits per heavy atom. The Labute approximate surface area is 121 Å². The summed E-state index contributed by atoms with van der Waals surface area (Å²) in [5.41, 5.74) is -1.31. The monoisotopic (exact) mass is 307 g/mol. The molecular formula is C14H20F3NO3. The maximum atomic E-state index is 12.9. The van der Waals surface area contributed by atoms with Gasteiger partial charge in [-0.1, -0.05) is 0 Å². The summed E-state index contributed by atoms with van der Waals surface area (Å²) in [5, 5.41) is 20.6. The molecule has 0 aliphatic carbocycles. The molecule has 21 heavy (non-hydrogen) atoms. The van der Waals surface area contributed by atoms with Crippen LogP contribution in [-0.4, -0.2) is 35.1 Å². The standard InChI is InChI=1S/C14H20F3NO3/c1-13(2,3)21-12-5-9(14(15,16)17)4-10(6-12)18-7-11(20)8-19/h4-6,11,18-20H,7-8H2,1-3H3. The summed E-state index contributed by atoms with van der Waals surface area (Å²) >= 11 is 0. The van der Waals surface area contributed by atoms with Gasteiger partial charge in [0.2, 0.25) is 0 Å². The number of alkyl halides is 3. The predicted molar refractivity (Wildman–Crippen MR) is 73.4 cm³/mol. The van der Waals surface area contributed by atoms with E-state index in [1.807, 2.05) is 0 Å². The Bertz CT molecular complexity index is 470. The number of nitrogens with one attached hydrogen (secondary N) is 1. The van der Waals surface area contributed by atoms with Gasteiger partial charge in [-0.05, 0) is 32.9 Å². The Kier molecular flexibility index (Phi) is 5.47. The van der Waals surface area contributed by atoms with Gasteiger partial charge in [0.05, 0.1) is 18.3 Å². The second-order valence-electron chi connectivity index (χ2n) is 5.68. The van der Waals surface area contributed by atoms with E-state index in [1.54, 1.807) is 20.8 Å². The SMILES string of the molecule is CC(C)(C)Oc1cc(NCC(O)CO)cc(C(F)(F)F)c1. The summed E-state index contributed by atoms with van der Waals surface area (Å²) in [5.74, 6) is 0.0818. The molecule has 0 bridgehead atoms. The third-order valence-electron chi connectivity index (χ3n) is 2.41. The zero-order valence-electron chi connectivity index (χ0n) is 12.2. The van der Waals surface area contributed by atoms with E-state index in [1.165, 1.54) is 6.07 Å². The molecule has 4 nitrogen and oxygen atoms in total. The van der Waals surface area contributed by atoms with Gasteiger partial charge in [-0.2, -0.15) is 13.2 Å². The van der Waals surface area contributed by atoms with Crippen molar-refractivity contribution in [3.05, 3.63) is 23.8 Å². The smallest absolute Gasteiger partial charge is 0.416 e. The zero-order chi connectivity index (χ0) is 16.3. The van der Waals surface area contributed by atoms with Crippen molar-refractivity contribution in [2.75, 3.05) is 18.5 Å². The van der Waals surface area contributed by atoms with E-state index in [-0.39, 0.29) is 18.0 Å². The van der Waals surface area contributed by atoms with E-state index < -0.39 is 30.1 Å². The minimum absolute atomic E-state index is 0.0627. The lowest BCUT2D eigenvalue weighted by Crippen LogP contribution is -2.24. The van der Waals surface area contributed by atoms with E-state index in [2.05, 4.69) is 5.32 Å². The fourth-order valence-electron chi connectivity index (χ4n) is 1.58. The molecular weight excluding hydrogens is 287 g/mol. The topological polar surface area (TPSA) is 61.7 Å². The quantitative estimate of drug-likeness (QED) is 0.782. The van der Waals surface area contributed by atoms with Gasteiger partial charge in [0.15, 0.2) is 0 Å². The van der Waals surface area contributed by atoms with Gasteiger partial charge in [0.1, 0.15) is 11.4 Å². The molecule has 1 rings (SSSR count). The summed E-state index contributed by atoms with van der Waals surface area (Å²) in [6.45, 7) is 4.66. The van der Waals surface area contributed by atoms with Gasteiger partial charge >= 0.3 is 6.18 Å². The number of aliphatic hydroxyl groups excluding tert-OH is 2. The number of benzene rings is 1. The van der Waals surface area contributed by atoms with E-state index in [0.29, 0.717) is 0 Å². The maximum Gasteiger partial charge on any atom is 0.416 e. The molecule has 0 fully saturated rings. The second-order valence-corrected chi connectivity index (χ2v) is 5.68. The van der Waals surface area contributed by atoms with Crippen LogP contribution in [0.15, 0.2) is 18.2 Å². The first-order chi connectivity index (χ1) is 9.51. The number of halogens is 3. The van der Waals surface area contributed by atoms with Crippen LogP contribution < -0.4 is 10.1 Å². The molecule has 1 atom stereocenters. The van der Waals surface area contributed by atoms with Gasteiger partial charge < -0.3 is 20.3 Å². The zero-order valence-corrected chi connectivity index (χ0v) is 12.2. The molecule has 0 spiro atoms. The van der Waals surface area contributed by atoms with Crippen molar-refractivity contribution in [3.8, 4) is 5.75 Å². The first-order valence-electron chi connectivity index (χ1n) is 6.45. The Morgan fingerprint density at radius 2 is 1.81 bits per heavy atom. The fraction of sp³-hybridized carbons (Fsp3) is 0.571. The molecule has 0 amide bonds.